The van der Waals surface area contributed by atoms with Crippen LogP contribution in [0.25, 0.3) is 0 Å². The van der Waals surface area contributed by atoms with E-state index >= 15 is 0 Å². The number of aromatic nitrogens is 1. The number of halogens is 1. The number of rotatable bonds is 3. The molecule has 1 aromatic heterocycles. The molecule has 0 saturated heterocycles. The van der Waals surface area contributed by atoms with E-state index in [0.29, 0.717) is 12.1 Å². The predicted molar refractivity (Wildman–Crippen MR) is 58.0 cm³/mol. The lowest BCUT2D eigenvalue weighted by molar-refractivity contribution is 0.438. The maximum atomic E-state index is 12.9. The lowest BCUT2D eigenvalue weighted by Crippen LogP contribution is -2.25. The second-order valence-electron chi connectivity index (χ2n) is 4.25. The Balaban J connectivity index is 2.30. The van der Waals surface area contributed by atoms with E-state index in [0.717, 1.165) is 0 Å². The molecule has 0 aromatic carbocycles. The van der Waals surface area contributed by atoms with Gasteiger partial charge in [0.1, 0.15) is 11.9 Å². The number of anilines is 1. The zero-order valence-corrected chi connectivity index (χ0v) is 8.90. The highest BCUT2D eigenvalue weighted by Crippen LogP contribution is 2.37. The summed E-state index contributed by atoms with van der Waals surface area (Å²) < 4.78 is 14.3. The molecule has 1 aliphatic carbocycles. The summed E-state index contributed by atoms with van der Waals surface area (Å²) in [6, 6.07) is 3.46. The molecule has 0 aliphatic heterocycles. The van der Waals surface area contributed by atoms with Crippen molar-refractivity contribution in [1.82, 2.24) is 4.57 Å². The van der Waals surface area contributed by atoms with Gasteiger partial charge >= 0.3 is 0 Å². The molecule has 1 heterocycles. The zero-order valence-electron chi connectivity index (χ0n) is 8.90. The summed E-state index contributed by atoms with van der Waals surface area (Å²) in [7, 11) is 0. The second kappa shape index (κ2) is 3.68. The van der Waals surface area contributed by atoms with Gasteiger partial charge in [-0.3, -0.25) is 4.79 Å². The lowest BCUT2D eigenvalue weighted by Gasteiger charge is -2.11. The van der Waals surface area contributed by atoms with Crippen LogP contribution in [0.5, 0.6) is 0 Å². The number of hydrogen-bond donors (Lipinski definition) is 1. The van der Waals surface area contributed by atoms with Crippen LogP contribution in [0.2, 0.25) is 0 Å². The topological polar surface area (TPSA) is 34.0 Å². The Bertz CT molecular complexity index is 413. The molecule has 0 bridgehead atoms. The molecule has 1 aliphatic rings. The van der Waals surface area contributed by atoms with Gasteiger partial charge in [-0.25, -0.2) is 4.39 Å². The maximum absolute atomic E-state index is 12.9. The normalized spacial score (nSPS) is 24.3. The van der Waals surface area contributed by atoms with E-state index in [4.69, 9.17) is 0 Å². The van der Waals surface area contributed by atoms with Crippen molar-refractivity contribution in [2.75, 3.05) is 5.32 Å². The van der Waals surface area contributed by atoms with Crippen LogP contribution in [0.4, 0.5) is 10.1 Å². The Morgan fingerprint density at radius 3 is 2.80 bits per heavy atom. The first-order valence-electron chi connectivity index (χ1n) is 5.21. The van der Waals surface area contributed by atoms with Crippen molar-refractivity contribution in [2.45, 2.75) is 38.5 Å². The summed E-state index contributed by atoms with van der Waals surface area (Å²) in [5.41, 5.74) is 0.419. The zero-order chi connectivity index (χ0) is 11.0. The van der Waals surface area contributed by atoms with E-state index in [9.17, 15) is 9.18 Å². The van der Waals surface area contributed by atoms with Gasteiger partial charge in [-0.2, -0.15) is 0 Å². The van der Waals surface area contributed by atoms with Crippen molar-refractivity contribution in [3.8, 4) is 0 Å². The van der Waals surface area contributed by atoms with E-state index < -0.39 is 6.17 Å². The second-order valence-corrected chi connectivity index (χ2v) is 4.25. The average molecular weight is 210 g/mol. The van der Waals surface area contributed by atoms with Crippen molar-refractivity contribution in [2.24, 2.45) is 0 Å². The van der Waals surface area contributed by atoms with Crippen molar-refractivity contribution >= 4 is 5.69 Å². The summed E-state index contributed by atoms with van der Waals surface area (Å²) in [5, 5.41) is 3.06. The fraction of sp³-hybridized carbons (Fsp3) is 0.545. The minimum Gasteiger partial charge on any atom is -0.378 e. The Kier molecular flexibility index (Phi) is 2.50. The molecule has 0 unspecified atom stereocenters. The van der Waals surface area contributed by atoms with Gasteiger partial charge in [0.15, 0.2) is 0 Å². The first kappa shape index (κ1) is 10.2. The minimum atomic E-state index is -0.850. The maximum Gasteiger partial charge on any atom is 0.274 e. The fourth-order valence-electron chi connectivity index (χ4n) is 1.63. The van der Waals surface area contributed by atoms with Gasteiger partial charge in [0.2, 0.25) is 0 Å². The Labute approximate surface area is 87.9 Å². The molecule has 0 amide bonds. The molecule has 0 spiro atoms. The van der Waals surface area contributed by atoms with Crippen LogP contribution in [0.1, 0.15) is 26.3 Å². The van der Waals surface area contributed by atoms with Gasteiger partial charge < -0.3 is 9.88 Å². The van der Waals surface area contributed by atoms with Crippen LogP contribution in [0, 0.1) is 0 Å². The SMILES string of the molecule is CC(C)Nc1cccn([C@H]2C[C@@H]2F)c1=O. The molecular formula is C11H15FN2O. The van der Waals surface area contributed by atoms with Crippen LogP contribution in [-0.2, 0) is 0 Å². The number of hydrogen-bond acceptors (Lipinski definition) is 2. The lowest BCUT2D eigenvalue weighted by atomic mass is 10.3. The molecule has 0 radical (unpaired) electrons. The van der Waals surface area contributed by atoms with Gasteiger partial charge in [0, 0.05) is 18.7 Å². The summed E-state index contributed by atoms with van der Waals surface area (Å²) in [4.78, 5) is 11.9. The average Bonchev–Trinajstić information content (AvgIpc) is 2.86. The van der Waals surface area contributed by atoms with Gasteiger partial charge in [-0.1, -0.05) is 0 Å². The molecule has 15 heavy (non-hydrogen) atoms. The number of alkyl halides is 1. The molecule has 4 heteroatoms. The van der Waals surface area contributed by atoms with Gasteiger partial charge in [-0.05, 0) is 26.0 Å². The van der Waals surface area contributed by atoms with E-state index in [1.807, 2.05) is 13.8 Å². The molecule has 82 valence electrons. The van der Waals surface area contributed by atoms with E-state index in [2.05, 4.69) is 5.32 Å². The van der Waals surface area contributed by atoms with E-state index in [1.165, 1.54) is 4.57 Å². The molecule has 2 rings (SSSR count). The first-order valence-corrected chi connectivity index (χ1v) is 5.21. The highest BCUT2D eigenvalue weighted by atomic mass is 19.1. The monoisotopic (exact) mass is 210 g/mol. The van der Waals surface area contributed by atoms with Crippen molar-refractivity contribution in [1.29, 1.82) is 0 Å². The summed E-state index contributed by atoms with van der Waals surface area (Å²) in [6.45, 7) is 3.93. The molecule has 1 saturated carbocycles. The third-order valence-electron chi connectivity index (χ3n) is 2.46. The third-order valence-corrected chi connectivity index (χ3v) is 2.46. The van der Waals surface area contributed by atoms with Crippen molar-refractivity contribution in [3.05, 3.63) is 28.7 Å². The molecule has 1 aromatic rings. The van der Waals surface area contributed by atoms with Crippen LogP contribution in [0.3, 0.4) is 0 Å². The standard InChI is InChI=1S/C11H15FN2O/c1-7(2)13-9-4-3-5-14(11(9)15)10-6-8(10)12/h3-5,7-8,10,13H,6H2,1-2H3/t8-,10-/m0/s1. The van der Waals surface area contributed by atoms with Crippen LogP contribution >= 0.6 is 0 Å². The summed E-state index contributed by atoms with van der Waals surface area (Å²) in [5.74, 6) is 0. The van der Waals surface area contributed by atoms with Gasteiger partial charge in [0.25, 0.3) is 5.56 Å². The number of pyridine rings is 1. The minimum absolute atomic E-state index is 0.128. The Morgan fingerprint density at radius 1 is 1.60 bits per heavy atom. The molecule has 3 nitrogen and oxygen atoms in total. The predicted octanol–water partition coefficient (Wildman–Crippen LogP) is 1.95. The van der Waals surface area contributed by atoms with Crippen LogP contribution < -0.4 is 10.9 Å². The van der Waals surface area contributed by atoms with E-state index in [-0.39, 0.29) is 17.6 Å². The number of nitrogens with zero attached hydrogens (tertiary/aromatic N) is 1. The van der Waals surface area contributed by atoms with E-state index in [1.54, 1.807) is 18.3 Å². The summed E-state index contributed by atoms with van der Waals surface area (Å²) in [6.07, 6.45) is 1.26. The molecule has 1 fully saturated rings. The Hall–Kier alpha value is -1.32. The van der Waals surface area contributed by atoms with Crippen molar-refractivity contribution in [3.63, 3.8) is 0 Å². The largest absolute Gasteiger partial charge is 0.378 e. The number of nitrogens with one attached hydrogen (secondary N) is 1. The van der Waals surface area contributed by atoms with Crippen LogP contribution in [-0.4, -0.2) is 16.8 Å². The van der Waals surface area contributed by atoms with Crippen LogP contribution in [0.15, 0.2) is 23.1 Å². The first-order chi connectivity index (χ1) is 7.09. The third kappa shape index (κ3) is 2.03. The highest BCUT2D eigenvalue weighted by molar-refractivity contribution is 5.41. The molecule has 2 atom stereocenters. The smallest absolute Gasteiger partial charge is 0.274 e. The van der Waals surface area contributed by atoms with Gasteiger partial charge in [-0.15, -0.1) is 0 Å². The van der Waals surface area contributed by atoms with Crippen molar-refractivity contribution < 1.29 is 4.39 Å². The quantitative estimate of drug-likeness (QED) is 0.827. The fourth-order valence-corrected chi connectivity index (χ4v) is 1.63. The van der Waals surface area contributed by atoms with Gasteiger partial charge in [0.05, 0.1) is 6.04 Å². The molecule has 1 N–H and O–H groups in total. The highest BCUT2D eigenvalue weighted by Gasteiger charge is 2.39. The Morgan fingerprint density at radius 2 is 2.27 bits per heavy atom. The summed E-state index contributed by atoms with van der Waals surface area (Å²) >= 11 is 0. The molecular weight excluding hydrogens is 195 g/mol.